The number of hydrogen-bond donors (Lipinski definition) is 3. The van der Waals surface area contributed by atoms with Crippen molar-refractivity contribution in [2.75, 3.05) is 19.7 Å². The molecule has 116 valence electrons. The Morgan fingerprint density at radius 3 is 2.91 bits per heavy atom. The Balaban J connectivity index is 1.88. The number of aromatic amines is 1. The Bertz CT molecular complexity index is 758. The van der Waals surface area contributed by atoms with E-state index in [1.807, 2.05) is 0 Å². The number of rotatable bonds is 2. The summed E-state index contributed by atoms with van der Waals surface area (Å²) in [5.74, 6) is -0.663. The van der Waals surface area contributed by atoms with E-state index in [-0.39, 0.29) is 30.5 Å². The molecule has 1 aliphatic rings. The highest BCUT2D eigenvalue weighted by Gasteiger charge is 2.31. The normalized spacial score (nSPS) is 22.0. The number of likely N-dealkylation sites (tertiary alicyclic amines) is 1. The summed E-state index contributed by atoms with van der Waals surface area (Å²) >= 11 is 0. The molecule has 3 rings (SSSR count). The fourth-order valence-electron chi connectivity index (χ4n) is 2.72. The Morgan fingerprint density at radius 1 is 1.41 bits per heavy atom. The number of aromatic nitrogens is 2. The minimum absolute atomic E-state index is 0.0293. The van der Waals surface area contributed by atoms with Gasteiger partial charge in [-0.2, -0.15) is 0 Å². The number of carbonyl (C=O) groups excluding carboxylic acids is 1. The van der Waals surface area contributed by atoms with Gasteiger partial charge in [-0.1, -0.05) is 12.1 Å². The Hall–Kier alpha value is -2.25. The molecule has 1 aromatic heterocycles. The van der Waals surface area contributed by atoms with Gasteiger partial charge in [-0.3, -0.25) is 9.59 Å². The van der Waals surface area contributed by atoms with E-state index in [9.17, 15) is 14.7 Å². The molecule has 0 aliphatic carbocycles. The highest BCUT2D eigenvalue weighted by molar-refractivity contribution is 5.92. The minimum Gasteiger partial charge on any atom is -0.396 e. The van der Waals surface area contributed by atoms with E-state index in [0.29, 0.717) is 23.9 Å². The lowest BCUT2D eigenvalue weighted by atomic mass is 9.95. The smallest absolute Gasteiger partial charge is 0.289 e. The van der Waals surface area contributed by atoms with Gasteiger partial charge in [0.1, 0.15) is 0 Å². The van der Waals surface area contributed by atoms with Crippen molar-refractivity contribution < 1.29 is 15.0 Å². The van der Waals surface area contributed by atoms with Gasteiger partial charge in [0.25, 0.3) is 11.5 Å². The van der Waals surface area contributed by atoms with Crippen molar-refractivity contribution in [3.63, 3.8) is 0 Å². The first kappa shape index (κ1) is 14.7. The summed E-state index contributed by atoms with van der Waals surface area (Å²) in [7, 11) is 0. The number of hydrogen-bond acceptors (Lipinski definition) is 5. The van der Waals surface area contributed by atoms with Gasteiger partial charge in [-0.15, -0.1) is 0 Å². The average Bonchev–Trinajstić information content (AvgIpc) is 2.54. The topological polar surface area (TPSA) is 107 Å². The van der Waals surface area contributed by atoms with E-state index in [1.54, 1.807) is 24.3 Å². The number of carbonyl (C=O) groups is 1. The highest BCUT2D eigenvalue weighted by atomic mass is 16.3. The molecule has 2 aromatic rings. The summed E-state index contributed by atoms with van der Waals surface area (Å²) in [6, 6.07) is 6.80. The van der Waals surface area contributed by atoms with Crippen molar-refractivity contribution in [2.24, 2.45) is 5.92 Å². The van der Waals surface area contributed by atoms with Crippen LogP contribution in [0, 0.1) is 5.92 Å². The number of fused-ring (bicyclic) bond motifs is 1. The van der Waals surface area contributed by atoms with Crippen LogP contribution in [0.4, 0.5) is 0 Å². The van der Waals surface area contributed by atoms with Gasteiger partial charge in [0.15, 0.2) is 5.82 Å². The molecule has 22 heavy (non-hydrogen) atoms. The number of amides is 1. The third kappa shape index (κ3) is 2.60. The average molecular weight is 303 g/mol. The predicted octanol–water partition coefficient (Wildman–Crippen LogP) is -0.262. The van der Waals surface area contributed by atoms with E-state index >= 15 is 0 Å². The number of β-amino-alcohol motifs (C(OH)–C–C–N with tert-alkyl or cyclic N) is 1. The van der Waals surface area contributed by atoms with Crippen LogP contribution in [-0.4, -0.2) is 56.8 Å². The summed E-state index contributed by atoms with van der Waals surface area (Å²) < 4.78 is 0. The molecule has 7 heteroatoms. The van der Waals surface area contributed by atoms with Crippen LogP contribution in [0.25, 0.3) is 10.9 Å². The quantitative estimate of drug-likeness (QED) is 0.708. The second-order valence-electron chi connectivity index (χ2n) is 5.48. The molecule has 2 atom stereocenters. The molecule has 1 aromatic carbocycles. The monoisotopic (exact) mass is 303 g/mol. The van der Waals surface area contributed by atoms with Crippen LogP contribution in [0.2, 0.25) is 0 Å². The lowest BCUT2D eigenvalue weighted by Crippen LogP contribution is -2.48. The van der Waals surface area contributed by atoms with Crippen LogP contribution < -0.4 is 5.56 Å². The number of piperidine rings is 1. The summed E-state index contributed by atoms with van der Waals surface area (Å²) in [5, 5.41) is 19.5. The fourth-order valence-corrected chi connectivity index (χ4v) is 2.72. The molecule has 7 nitrogen and oxygen atoms in total. The van der Waals surface area contributed by atoms with Crippen LogP contribution >= 0.6 is 0 Å². The number of nitrogens with one attached hydrogen (secondary N) is 1. The van der Waals surface area contributed by atoms with Crippen molar-refractivity contribution in [3.8, 4) is 0 Å². The summed E-state index contributed by atoms with van der Waals surface area (Å²) in [6.07, 6.45) is -0.254. The summed E-state index contributed by atoms with van der Waals surface area (Å²) in [5.41, 5.74) is 0.0973. The maximum Gasteiger partial charge on any atom is 0.289 e. The Kier molecular flexibility index (Phi) is 3.91. The first-order chi connectivity index (χ1) is 10.6. The van der Waals surface area contributed by atoms with Crippen LogP contribution in [0.3, 0.4) is 0 Å². The first-order valence-electron chi connectivity index (χ1n) is 7.17. The minimum atomic E-state index is -0.769. The van der Waals surface area contributed by atoms with E-state index < -0.39 is 12.0 Å². The molecule has 0 bridgehead atoms. The zero-order chi connectivity index (χ0) is 15.7. The van der Waals surface area contributed by atoms with Crippen LogP contribution in [-0.2, 0) is 0 Å². The molecule has 0 spiro atoms. The first-order valence-corrected chi connectivity index (χ1v) is 7.17. The summed E-state index contributed by atoms with van der Waals surface area (Å²) in [6.45, 7) is 0.437. The molecule has 1 fully saturated rings. The Labute approximate surface area is 126 Å². The molecule has 1 saturated heterocycles. The third-order valence-electron chi connectivity index (χ3n) is 4.06. The molecule has 2 heterocycles. The van der Waals surface area contributed by atoms with Gasteiger partial charge < -0.3 is 20.1 Å². The second-order valence-corrected chi connectivity index (χ2v) is 5.48. The predicted molar refractivity (Wildman–Crippen MR) is 79.5 cm³/mol. The van der Waals surface area contributed by atoms with Crippen molar-refractivity contribution in [1.29, 1.82) is 0 Å². The van der Waals surface area contributed by atoms with Gasteiger partial charge in [0.2, 0.25) is 0 Å². The SMILES string of the molecule is O=C(c1nc2ccccc2c(=O)[nH]1)N1CC[C@H](CO)[C@@H](O)C1. The van der Waals surface area contributed by atoms with E-state index in [4.69, 9.17) is 5.11 Å². The van der Waals surface area contributed by atoms with Gasteiger partial charge in [0, 0.05) is 25.6 Å². The fraction of sp³-hybridized carbons (Fsp3) is 0.400. The van der Waals surface area contributed by atoms with Crippen molar-refractivity contribution in [2.45, 2.75) is 12.5 Å². The van der Waals surface area contributed by atoms with E-state index in [0.717, 1.165) is 0 Å². The number of nitrogens with zero attached hydrogens (tertiary/aromatic N) is 2. The lowest BCUT2D eigenvalue weighted by molar-refractivity contribution is 0.000428. The van der Waals surface area contributed by atoms with Gasteiger partial charge >= 0.3 is 0 Å². The van der Waals surface area contributed by atoms with Gasteiger partial charge in [-0.05, 0) is 18.6 Å². The number of aliphatic hydroxyl groups excluding tert-OH is 2. The molecule has 0 saturated carbocycles. The molecule has 1 aliphatic heterocycles. The van der Waals surface area contributed by atoms with Crippen LogP contribution in [0.5, 0.6) is 0 Å². The second kappa shape index (κ2) is 5.86. The Morgan fingerprint density at radius 2 is 2.18 bits per heavy atom. The van der Waals surface area contributed by atoms with E-state index in [2.05, 4.69) is 9.97 Å². The van der Waals surface area contributed by atoms with Gasteiger partial charge in [0.05, 0.1) is 17.0 Å². The molecular formula is C15H17N3O4. The lowest BCUT2D eigenvalue weighted by Gasteiger charge is -2.34. The largest absolute Gasteiger partial charge is 0.396 e. The number of para-hydroxylation sites is 1. The number of H-pyrrole nitrogens is 1. The highest BCUT2D eigenvalue weighted by Crippen LogP contribution is 2.18. The molecular weight excluding hydrogens is 286 g/mol. The maximum atomic E-state index is 12.5. The molecule has 1 amide bonds. The van der Waals surface area contributed by atoms with Crippen molar-refractivity contribution in [1.82, 2.24) is 14.9 Å². The molecule has 3 N–H and O–H groups in total. The van der Waals surface area contributed by atoms with Crippen LogP contribution in [0.15, 0.2) is 29.1 Å². The summed E-state index contributed by atoms with van der Waals surface area (Å²) in [4.78, 5) is 32.6. The maximum absolute atomic E-state index is 12.5. The zero-order valence-corrected chi connectivity index (χ0v) is 11.9. The standard InChI is InChI=1S/C15H17N3O4/c19-8-9-5-6-18(7-12(9)20)15(22)13-16-11-4-2-1-3-10(11)14(21)17-13/h1-4,9,12,19-20H,5-8H2,(H,16,17,21)/t9-,12+/m1/s1. The van der Waals surface area contributed by atoms with Crippen molar-refractivity contribution >= 4 is 16.8 Å². The zero-order valence-electron chi connectivity index (χ0n) is 11.9. The van der Waals surface area contributed by atoms with Gasteiger partial charge in [-0.25, -0.2) is 4.98 Å². The third-order valence-corrected chi connectivity index (χ3v) is 4.06. The van der Waals surface area contributed by atoms with Crippen molar-refractivity contribution in [3.05, 3.63) is 40.4 Å². The van der Waals surface area contributed by atoms with Crippen LogP contribution in [0.1, 0.15) is 17.0 Å². The number of benzene rings is 1. The number of aliphatic hydroxyl groups is 2. The van der Waals surface area contributed by atoms with E-state index in [1.165, 1.54) is 4.90 Å². The molecule has 0 unspecified atom stereocenters. The molecule has 0 radical (unpaired) electrons.